The zero-order valence-electron chi connectivity index (χ0n) is 21.0. The van der Waals surface area contributed by atoms with Crippen LogP contribution in [0, 0.1) is 5.92 Å². The number of benzene rings is 1. The van der Waals surface area contributed by atoms with Gasteiger partial charge in [0.05, 0.1) is 6.04 Å². The van der Waals surface area contributed by atoms with Crippen LogP contribution in [-0.2, 0) is 25.6 Å². The van der Waals surface area contributed by atoms with Gasteiger partial charge >= 0.3 is 5.97 Å². The maximum absolute atomic E-state index is 12.9. The van der Waals surface area contributed by atoms with Crippen LogP contribution < -0.4 is 27.4 Å². The number of para-hydroxylation sites is 1. The van der Waals surface area contributed by atoms with Crippen LogP contribution in [0.1, 0.15) is 45.6 Å². The van der Waals surface area contributed by atoms with Crippen LogP contribution in [0.25, 0.3) is 10.9 Å². The normalized spacial score (nSPS) is 14.6. The maximum atomic E-state index is 12.9. The SMILES string of the molecule is CC(NC(=O)C(CCCCN)NC(=O)C(N)C(C)C)C(=O)NC(Cc1c[nH]c2ccccc12)C(=O)O. The van der Waals surface area contributed by atoms with E-state index in [2.05, 4.69) is 20.9 Å². The third kappa shape index (κ3) is 8.06. The van der Waals surface area contributed by atoms with E-state index < -0.39 is 47.9 Å². The number of amides is 3. The van der Waals surface area contributed by atoms with Crippen LogP contribution in [0.2, 0.25) is 0 Å². The van der Waals surface area contributed by atoms with Gasteiger partial charge in [0.25, 0.3) is 0 Å². The van der Waals surface area contributed by atoms with Gasteiger partial charge in [0.1, 0.15) is 18.1 Å². The van der Waals surface area contributed by atoms with Crippen molar-refractivity contribution >= 4 is 34.6 Å². The molecule has 0 saturated heterocycles. The van der Waals surface area contributed by atoms with E-state index in [-0.39, 0.29) is 12.3 Å². The molecule has 4 atom stereocenters. The molecule has 4 unspecified atom stereocenters. The van der Waals surface area contributed by atoms with Crippen LogP contribution in [0.15, 0.2) is 30.5 Å². The van der Waals surface area contributed by atoms with Crippen molar-refractivity contribution in [3.05, 3.63) is 36.0 Å². The Labute approximate surface area is 210 Å². The number of aliphatic carboxylic acids is 1. The molecule has 1 heterocycles. The molecule has 1 aromatic carbocycles. The summed E-state index contributed by atoms with van der Waals surface area (Å²) in [5.41, 5.74) is 13.1. The van der Waals surface area contributed by atoms with Gasteiger partial charge in [0.2, 0.25) is 17.7 Å². The molecule has 9 N–H and O–H groups in total. The summed E-state index contributed by atoms with van der Waals surface area (Å²) >= 11 is 0. The predicted molar refractivity (Wildman–Crippen MR) is 137 cm³/mol. The number of hydrogen-bond donors (Lipinski definition) is 7. The molecule has 0 aliphatic carbocycles. The highest BCUT2D eigenvalue weighted by molar-refractivity contribution is 5.94. The van der Waals surface area contributed by atoms with Crippen LogP contribution in [-0.4, -0.2) is 64.5 Å². The lowest BCUT2D eigenvalue weighted by Crippen LogP contribution is -2.57. The molecule has 198 valence electrons. The first-order valence-electron chi connectivity index (χ1n) is 12.2. The molecule has 0 bridgehead atoms. The topological polar surface area (TPSA) is 192 Å². The van der Waals surface area contributed by atoms with Crippen LogP contribution in [0.5, 0.6) is 0 Å². The number of aromatic nitrogens is 1. The zero-order chi connectivity index (χ0) is 26.8. The van der Waals surface area contributed by atoms with Crippen molar-refractivity contribution in [3.63, 3.8) is 0 Å². The molecule has 2 rings (SSSR count). The van der Waals surface area contributed by atoms with E-state index >= 15 is 0 Å². The Morgan fingerprint density at radius 3 is 2.25 bits per heavy atom. The monoisotopic (exact) mass is 502 g/mol. The minimum atomic E-state index is -1.19. The highest BCUT2D eigenvalue weighted by Crippen LogP contribution is 2.19. The minimum absolute atomic E-state index is 0.0661. The van der Waals surface area contributed by atoms with Gasteiger partial charge in [-0.25, -0.2) is 4.79 Å². The molecule has 3 amide bonds. The van der Waals surface area contributed by atoms with Crippen LogP contribution in [0.3, 0.4) is 0 Å². The molecule has 0 saturated carbocycles. The fraction of sp³-hybridized carbons (Fsp3) is 0.520. The van der Waals surface area contributed by atoms with E-state index in [0.717, 1.165) is 16.5 Å². The molecular weight excluding hydrogens is 464 g/mol. The number of carbonyl (C=O) groups excluding carboxylic acids is 3. The van der Waals surface area contributed by atoms with Crippen molar-refractivity contribution in [2.45, 2.75) is 70.6 Å². The Balaban J connectivity index is 2.03. The van der Waals surface area contributed by atoms with E-state index in [1.54, 1.807) is 20.0 Å². The number of unbranched alkanes of at least 4 members (excludes halogenated alkanes) is 1. The molecule has 11 heteroatoms. The van der Waals surface area contributed by atoms with Gasteiger partial charge in [0.15, 0.2) is 0 Å². The first-order valence-corrected chi connectivity index (χ1v) is 12.2. The summed E-state index contributed by atoms with van der Waals surface area (Å²) in [6.07, 6.45) is 3.37. The highest BCUT2D eigenvalue weighted by Gasteiger charge is 2.29. The second-order valence-corrected chi connectivity index (χ2v) is 9.31. The second-order valence-electron chi connectivity index (χ2n) is 9.31. The van der Waals surface area contributed by atoms with Gasteiger partial charge < -0.3 is 37.5 Å². The van der Waals surface area contributed by atoms with Gasteiger partial charge in [-0.1, -0.05) is 32.0 Å². The summed E-state index contributed by atoms with van der Waals surface area (Å²) in [4.78, 5) is 53.0. The molecule has 1 aromatic heterocycles. The fourth-order valence-corrected chi connectivity index (χ4v) is 3.73. The van der Waals surface area contributed by atoms with Gasteiger partial charge in [-0.2, -0.15) is 0 Å². The average Bonchev–Trinajstić information content (AvgIpc) is 3.24. The molecule has 36 heavy (non-hydrogen) atoms. The number of rotatable bonds is 14. The summed E-state index contributed by atoms with van der Waals surface area (Å²) in [5, 5.41) is 18.3. The van der Waals surface area contributed by atoms with E-state index in [4.69, 9.17) is 11.5 Å². The molecule has 11 nitrogen and oxygen atoms in total. The molecule has 0 spiro atoms. The molecule has 0 aliphatic rings. The van der Waals surface area contributed by atoms with E-state index in [9.17, 15) is 24.3 Å². The average molecular weight is 503 g/mol. The van der Waals surface area contributed by atoms with Crippen molar-refractivity contribution in [2.75, 3.05) is 6.54 Å². The number of carboxylic acid groups (broad SMARTS) is 1. The minimum Gasteiger partial charge on any atom is -0.480 e. The number of nitrogens with two attached hydrogens (primary N) is 2. The Kier molecular flexibility index (Phi) is 10.9. The summed E-state index contributed by atoms with van der Waals surface area (Å²) in [6.45, 7) is 5.50. The van der Waals surface area contributed by atoms with Gasteiger partial charge in [-0.3, -0.25) is 14.4 Å². The Bertz CT molecular complexity index is 1050. The number of hydrogen-bond acceptors (Lipinski definition) is 6. The summed E-state index contributed by atoms with van der Waals surface area (Å²) < 4.78 is 0. The molecule has 2 aromatic rings. The van der Waals surface area contributed by atoms with Crippen LogP contribution in [0.4, 0.5) is 0 Å². The standard InChI is InChI=1S/C25H38N6O5/c1-14(2)21(27)24(34)30-19(10-6-7-11-26)23(33)29-15(3)22(32)31-20(25(35)36)12-16-13-28-18-9-5-4-8-17(16)18/h4-5,8-9,13-15,19-21,28H,6-7,10-12,26-27H2,1-3H3,(H,29,33)(H,30,34)(H,31,32)(H,35,36). The Hall–Kier alpha value is -3.44. The van der Waals surface area contributed by atoms with Crippen molar-refractivity contribution in [1.82, 2.24) is 20.9 Å². The smallest absolute Gasteiger partial charge is 0.326 e. The van der Waals surface area contributed by atoms with Gasteiger partial charge in [-0.15, -0.1) is 0 Å². The van der Waals surface area contributed by atoms with Gasteiger partial charge in [0, 0.05) is 23.5 Å². The molecule has 0 aliphatic heterocycles. The lowest BCUT2D eigenvalue weighted by Gasteiger charge is -2.24. The maximum Gasteiger partial charge on any atom is 0.326 e. The van der Waals surface area contributed by atoms with E-state index in [0.29, 0.717) is 25.8 Å². The largest absolute Gasteiger partial charge is 0.480 e. The summed E-state index contributed by atoms with van der Waals surface area (Å²) in [7, 11) is 0. The van der Waals surface area contributed by atoms with Crippen molar-refractivity contribution < 1.29 is 24.3 Å². The highest BCUT2D eigenvalue weighted by atomic mass is 16.4. The first kappa shape index (κ1) is 28.8. The number of carbonyl (C=O) groups is 4. The fourth-order valence-electron chi connectivity index (χ4n) is 3.73. The summed E-state index contributed by atoms with van der Waals surface area (Å²) in [6, 6.07) is 3.56. The van der Waals surface area contributed by atoms with E-state index in [1.807, 2.05) is 24.3 Å². The van der Waals surface area contributed by atoms with Crippen molar-refractivity contribution in [2.24, 2.45) is 17.4 Å². The van der Waals surface area contributed by atoms with Crippen molar-refractivity contribution in [3.8, 4) is 0 Å². The number of fused-ring (bicyclic) bond motifs is 1. The molecule has 0 fully saturated rings. The number of carboxylic acids is 1. The second kappa shape index (κ2) is 13.6. The molecule has 0 radical (unpaired) electrons. The summed E-state index contributed by atoms with van der Waals surface area (Å²) in [5.74, 6) is -2.97. The molecular formula is C25H38N6O5. The number of nitrogens with one attached hydrogen (secondary N) is 4. The first-order chi connectivity index (χ1) is 17.0. The van der Waals surface area contributed by atoms with Crippen molar-refractivity contribution in [1.29, 1.82) is 0 Å². The zero-order valence-corrected chi connectivity index (χ0v) is 21.0. The Morgan fingerprint density at radius 1 is 0.944 bits per heavy atom. The lowest BCUT2D eigenvalue weighted by atomic mass is 10.0. The lowest BCUT2D eigenvalue weighted by molar-refractivity contribution is -0.142. The number of aromatic amines is 1. The number of H-pyrrole nitrogens is 1. The van der Waals surface area contributed by atoms with Crippen LogP contribution >= 0.6 is 0 Å². The third-order valence-electron chi connectivity index (χ3n) is 6.07. The Morgan fingerprint density at radius 2 is 1.61 bits per heavy atom. The van der Waals surface area contributed by atoms with E-state index in [1.165, 1.54) is 6.92 Å². The van der Waals surface area contributed by atoms with Gasteiger partial charge in [-0.05, 0) is 50.3 Å². The predicted octanol–water partition coefficient (Wildman–Crippen LogP) is 0.382. The third-order valence-corrected chi connectivity index (χ3v) is 6.07. The quantitative estimate of drug-likeness (QED) is 0.181.